The number of carbonyl (C=O) groups excluding carboxylic acids is 1. The molecule has 2 heterocycles. The average Bonchev–Trinajstić information content (AvgIpc) is 2.85. The third kappa shape index (κ3) is 4.91. The van der Waals surface area contributed by atoms with E-state index < -0.39 is 16.4 Å². The molecule has 8 heteroatoms. The molecule has 0 radical (unpaired) electrons. The maximum atomic E-state index is 12.3. The van der Waals surface area contributed by atoms with Crippen LogP contribution in [0.15, 0.2) is 17.4 Å². The van der Waals surface area contributed by atoms with E-state index in [-0.39, 0.29) is 17.2 Å². The number of halogens is 1. The Bertz CT molecular complexity index is 577. The fraction of sp³-hybridized carbons (Fsp3) is 0.643. The van der Waals surface area contributed by atoms with Gasteiger partial charge in [0.25, 0.3) is 0 Å². The summed E-state index contributed by atoms with van der Waals surface area (Å²) >= 11 is 5.78. The van der Waals surface area contributed by atoms with E-state index in [4.69, 9.17) is 16.3 Å². The molecule has 0 aliphatic carbocycles. The molecular formula is C14H20ClN3O3S. The molecule has 1 aliphatic heterocycles. The summed E-state index contributed by atoms with van der Waals surface area (Å²) in [6.45, 7) is 6.70. The van der Waals surface area contributed by atoms with Crippen LogP contribution in [0, 0.1) is 5.92 Å². The fourth-order valence-electron chi connectivity index (χ4n) is 2.20. The lowest BCUT2D eigenvalue weighted by molar-refractivity contribution is 0.0289. The zero-order valence-corrected chi connectivity index (χ0v) is 14.5. The number of ether oxygens (including phenoxy) is 1. The third-order valence-corrected chi connectivity index (χ3v) is 4.84. The largest absolute Gasteiger partial charge is 0.444 e. The van der Waals surface area contributed by atoms with Crippen LogP contribution in [-0.4, -0.2) is 49.6 Å². The standard InChI is InChI=1S/C14H20ClN3O3S/c1-14(2,3)21-13(19)18-5-4-10(7-18)8-22(20)12-6-11(15)16-9-17-12/h6,9-10H,4-5,7-8H2,1-3H3/t10-,22-/m0/s1. The first-order chi connectivity index (χ1) is 10.2. The zero-order valence-electron chi connectivity index (χ0n) is 12.9. The van der Waals surface area contributed by atoms with Crippen LogP contribution in [-0.2, 0) is 15.5 Å². The van der Waals surface area contributed by atoms with Gasteiger partial charge in [0.1, 0.15) is 22.1 Å². The van der Waals surface area contributed by atoms with Crippen molar-refractivity contribution in [3.8, 4) is 0 Å². The Labute approximate surface area is 137 Å². The van der Waals surface area contributed by atoms with Crippen LogP contribution in [0.3, 0.4) is 0 Å². The van der Waals surface area contributed by atoms with E-state index in [0.717, 1.165) is 6.42 Å². The molecule has 1 aromatic heterocycles. The highest BCUT2D eigenvalue weighted by atomic mass is 35.5. The lowest BCUT2D eigenvalue weighted by Crippen LogP contribution is -2.35. The van der Waals surface area contributed by atoms with Crippen LogP contribution >= 0.6 is 11.6 Å². The number of hydrogen-bond acceptors (Lipinski definition) is 5. The number of rotatable bonds is 3. The van der Waals surface area contributed by atoms with Gasteiger partial charge in [-0.25, -0.2) is 14.8 Å². The van der Waals surface area contributed by atoms with Crippen molar-refractivity contribution >= 4 is 28.5 Å². The first kappa shape index (κ1) is 17.1. The summed E-state index contributed by atoms with van der Waals surface area (Å²) in [5.74, 6) is 0.620. The summed E-state index contributed by atoms with van der Waals surface area (Å²) in [4.78, 5) is 21.4. The molecule has 1 aliphatic rings. The van der Waals surface area contributed by atoms with Gasteiger partial charge in [0.05, 0.1) is 10.8 Å². The van der Waals surface area contributed by atoms with Crippen molar-refractivity contribution in [2.75, 3.05) is 18.8 Å². The summed E-state index contributed by atoms with van der Waals surface area (Å²) in [6, 6.07) is 1.51. The second kappa shape index (κ2) is 6.91. The monoisotopic (exact) mass is 345 g/mol. The lowest BCUT2D eigenvalue weighted by atomic mass is 10.2. The average molecular weight is 346 g/mol. The normalized spacial score (nSPS) is 20.0. The quantitative estimate of drug-likeness (QED) is 0.787. The Morgan fingerprint density at radius 1 is 1.50 bits per heavy atom. The Balaban J connectivity index is 1.88. The van der Waals surface area contributed by atoms with E-state index in [1.165, 1.54) is 12.4 Å². The maximum Gasteiger partial charge on any atom is 0.410 e. The molecule has 0 aromatic carbocycles. The molecule has 0 saturated carbocycles. The number of hydrogen-bond donors (Lipinski definition) is 0. The minimum Gasteiger partial charge on any atom is -0.444 e. The molecule has 2 rings (SSSR count). The smallest absolute Gasteiger partial charge is 0.410 e. The minimum absolute atomic E-state index is 0.169. The molecule has 1 amide bonds. The van der Waals surface area contributed by atoms with Gasteiger partial charge in [-0.15, -0.1) is 0 Å². The Kier molecular flexibility index (Phi) is 5.39. The van der Waals surface area contributed by atoms with Gasteiger partial charge in [0.15, 0.2) is 0 Å². The van der Waals surface area contributed by atoms with E-state index in [1.807, 2.05) is 20.8 Å². The first-order valence-corrected chi connectivity index (χ1v) is 8.78. The second-order valence-corrected chi connectivity index (χ2v) is 8.10. The van der Waals surface area contributed by atoms with Crippen molar-refractivity contribution in [2.45, 2.75) is 37.8 Å². The van der Waals surface area contributed by atoms with Gasteiger partial charge in [-0.3, -0.25) is 4.21 Å². The first-order valence-electron chi connectivity index (χ1n) is 7.08. The van der Waals surface area contributed by atoms with Crippen LogP contribution in [0.25, 0.3) is 0 Å². The number of nitrogens with zero attached hydrogens (tertiary/aromatic N) is 3. The number of aromatic nitrogens is 2. The van der Waals surface area contributed by atoms with Crippen molar-refractivity contribution in [3.63, 3.8) is 0 Å². The molecule has 1 fully saturated rings. The molecular weight excluding hydrogens is 326 g/mol. The second-order valence-electron chi connectivity index (χ2n) is 6.27. The van der Waals surface area contributed by atoms with Gasteiger partial charge in [-0.2, -0.15) is 0 Å². The van der Waals surface area contributed by atoms with Crippen molar-refractivity contribution in [2.24, 2.45) is 5.92 Å². The molecule has 0 bridgehead atoms. The van der Waals surface area contributed by atoms with E-state index in [9.17, 15) is 9.00 Å². The van der Waals surface area contributed by atoms with Gasteiger partial charge in [-0.05, 0) is 33.1 Å². The lowest BCUT2D eigenvalue weighted by Gasteiger charge is -2.24. The molecule has 1 saturated heterocycles. The summed E-state index contributed by atoms with van der Waals surface area (Å²) < 4.78 is 17.6. The predicted molar refractivity (Wildman–Crippen MR) is 84.2 cm³/mol. The Hall–Kier alpha value is -1.21. The fourth-order valence-corrected chi connectivity index (χ4v) is 3.69. The summed E-state index contributed by atoms with van der Waals surface area (Å²) in [5.41, 5.74) is -0.504. The van der Waals surface area contributed by atoms with Gasteiger partial charge in [-0.1, -0.05) is 11.6 Å². The minimum atomic E-state index is -1.25. The highest BCUT2D eigenvalue weighted by Gasteiger charge is 2.30. The number of amides is 1. The van der Waals surface area contributed by atoms with Gasteiger partial charge in [0, 0.05) is 24.9 Å². The molecule has 0 N–H and O–H groups in total. The maximum absolute atomic E-state index is 12.3. The van der Waals surface area contributed by atoms with Crippen LogP contribution in [0.1, 0.15) is 27.2 Å². The highest BCUT2D eigenvalue weighted by molar-refractivity contribution is 7.85. The van der Waals surface area contributed by atoms with Crippen molar-refractivity contribution < 1.29 is 13.7 Å². The summed E-state index contributed by atoms with van der Waals surface area (Å²) in [6.07, 6.45) is 1.80. The van der Waals surface area contributed by atoms with Gasteiger partial charge < -0.3 is 9.64 Å². The van der Waals surface area contributed by atoms with Gasteiger partial charge >= 0.3 is 6.09 Å². The van der Waals surface area contributed by atoms with Crippen LogP contribution < -0.4 is 0 Å². The molecule has 122 valence electrons. The number of carbonyl (C=O) groups is 1. The molecule has 0 unspecified atom stereocenters. The van der Waals surface area contributed by atoms with Crippen molar-refractivity contribution in [1.29, 1.82) is 0 Å². The predicted octanol–water partition coefficient (Wildman–Crippen LogP) is 2.49. The van der Waals surface area contributed by atoms with Crippen molar-refractivity contribution in [3.05, 3.63) is 17.5 Å². The molecule has 6 nitrogen and oxygen atoms in total. The molecule has 2 atom stereocenters. The van der Waals surface area contributed by atoms with Crippen LogP contribution in [0.5, 0.6) is 0 Å². The number of likely N-dealkylation sites (tertiary alicyclic amines) is 1. The van der Waals surface area contributed by atoms with E-state index in [0.29, 0.717) is 23.9 Å². The van der Waals surface area contributed by atoms with Crippen LogP contribution in [0.4, 0.5) is 4.79 Å². The van der Waals surface area contributed by atoms with E-state index in [1.54, 1.807) is 4.90 Å². The zero-order chi connectivity index (χ0) is 16.3. The molecule has 0 spiro atoms. The third-order valence-electron chi connectivity index (χ3n) is 3.17. The summed E-state index contributed by atoms with van der Waals surface area (Å²) in [5, 5.41) is 0.705. The Morgan fingerprint density at radius 2 is 2.23 bits per heavy atom. The van der Waals surface area contributed by atoms with Crippen LogP contribution in [0.2, 0.25) is 5.15 Å². The van der Waals surface area contributed by atoms with Gasteiger partial charge in [0.2, 0.25) is 0 Å². The van der Waals surface area contributed by atoms with Crippen molar-refractivity contribution in [1.82, 2.24) is 14.9 Å². The summed E-state index contributed by atoms with van der Waals surface area (Å²) in [7, 11) is -1.25. The molecule has 22 heavy (non-hydrogen) atoms. The topological polar surface area (TPSA) is 72.4 Å². The SMILES string of the molecule is CC(C)(C)OC(=O)N1CC[C@H](C[S@](=O)c2cc(Cl)ncn2)C1. The van der Waals surface area contributed by atoms with E-state index in [2.05, 4.69) is 9.97 Å². The highest BCUT2D eigenvalue weighted by Crippen LogP contribution is 2.22. The Morgan fingerprint density at radius 3 is 2.86 bits per heavy atom. The van der Waals surface area contributed by atoms with E-state index >= 15 is 0 Å². The molecule has 1 aromatic rings.